The molecule has 1 aromatic rings. The Morgan fingerprint density at radius 2 is 2.21 bits per heavy atom. The first-order valence-corrected chi connectivity index (χ1v) is 6.63. The SMILES string of the molecule is CC1CN(C(=O)c2ccc(CN)cn2)CC1N(C)C. The number of carbonyl (C=O) groups is 1. The summed E-state index contributed by atoms with van der Waals surface area (Å²) in [6, 6.07) is 4.05. The van der Waals surface area contributed by atoms with Gasteiger partial charge in [-0.25, -0.2) is 0 Å². The van der Waals surface area contributed by atoms with Crippen molar-refractivity contribution < 1.29 is 4.79 Å². The van der Waals surface area contributed by atoms with E-state index in [2.05, 4.69) is 30.9 Å². The van der Waals surface area contributed by atoms with Crippen LogP contribution in [0, 0.1) is 5.92 Å². The predicted molar refractivity (Wildman–Crippen MR) is 74.7 cm³/mol. The van der Waals surface area contributed by atoms with Crippen LogP contribution in [0.25, 0.3) is 0 Å². The van der Waals surface area contributed by atoms with E-state index in [9.17, 15) is 4.79 Å². The highest BCUT2D eigenvalue weighted by molar-refractivity contribution is 5.92. The highest BCUT2D eigenvalue weighted by atomic mass is 16.2. The second-order valence-electron chi connectivity index (χ2n) is 5.47. The molecule has 2 atom stereocenters. The quantitative estimate of drug-likeness (QED) is 0.864. The Morgan fingerprint density at radius 1 is 1.47 bits per heavy atom. The summed E-state index contributed by atoms with van der Waals surface area (Å²) in [5.41, 5.74) is 6.97. The topological polar surface area (TPSA) is 62.5 Å². The maximum atomic E-state index is 12.4. The number of likely N-dealkylation sites (tertiary alicyclic amines) is 1. The van der Waals surface area contributed by atoms with Gasteiger partial charge in [0.2, 0.25) is 0 Å². The summed E-state index contributed by atoms with van der Waals surface area (Å²) in [6.45, 7) is 4.20. The first-order chi connectivity index (χ1) is 9.02. The van der Waals surface area contributed by atoms with E-state index in [0.717, 1.165) is 18.7 Å². The van der Waals surface area contributed by atoms with Crippen LogP contribution >= 0.6 is 0 Å². The maximum Gasteiger partial charge on any atom is 0.272 e. The molecule has 1 amide bonds. The third kappa shape index (κ3) is 2.93. The fraction of sp³-hybridized carbons (Fsp3) is 0.571. The number of hydrogen-bond donors (Lipinski definition) is 1. The highest BCUT2D eigenvalue weighted by Crippen LogP contribution is 2.21. The van der Waals surface area contributed by atoms with Gasteiger partial charge in [-0.1, -0.05) is 13.0 Å². The molecule has 2 N–H and O–H groups in total. The monoisotopic (exact) mass is 262 g/mol. The molecule has 5 nitrogen and oxygen atoms in total. The lowest BCUT2D eigenvalue weighted by atomic mass is 10.1. The molecule has 2 unspecified atom stereocenters. The van der Waals surface area contributed by atoms with Gasteiger partial charge in [0, 0.05) is 31.9 Å². The molecule has 19 heavy (non-hydrogen) atoms. The van der Waals surface area contributed by atoms with Crippen molar-refractivity contribution >= 4 is 5.91 Å². The van der Waals surface area contributed by atoms with Gasteiger partial charge < -0.3 is 15.5 Å². The summed E-state index contributed by atoms with van der Waals surface area (Å²) in [4.78, 5) is 20.7. The van der Waals surface area contributed by atoms with Crippen molar-refractivity contribution in [2.45, 2.75) is 19.5 Å². The first-order valence-electron chi connectivity index (χ1n) is 6.63. The fourth-order valence-electron chi connectivity index (χ4n) is 2.62. The molecule has 1 saturated heterocycles. The lowest BCUT2D eigenvalue weighted by molar-refractivity contribution is 0.0775. The van der Waals surface area contributed by atoms with Crippen molar-refractivity contribution in [3.8, 4) is 0 Å². The first kappa shape index (κ1) is 14.0. The second kappa shape index (κ2) is 5.67. The summed E-state index contributed by atoms with van der Waals surface area (Å²) in [7, 11) is 4.12. The molecular weight excluding hydrogens is 240 g/mol. The van der Waals surface area contributed by atoms with Crippen LogP contribution in [0.3, 0.4) is 0 Å². The molecule has 2 rings (SSSR count). The van der Waals surface area contributed by atoms with Gasteiger partial charge in [-0.3, -0.25) is 9.78 Å². The molecule has 0 aliphatic carbocycles. The van der Waals surface area contributed by atoms with Gasteiger partial charge in [-0.05, 0) is 31.6 Å². The average molecular weight is 262 g/mol. The maximum absolute atomic E-state index is 12.4. The molecule has 1 aliphatic heterocycles. The number of likely N-dealkylation sites (N-methyl/N-ethyl adjacent to an activating group) is 1. The number of nitrogens with zero attached hydrogens (tertiary/aromatic N) is 3. The Bertz CT molecular complexity index is 443. The minimum atomic E-state index is 0.0137. The number of rotatable bonds is 3. The Morgan fingerprint density at radius 3 is 2.68 bits per heavy atom. The molecule has 1 fully saturated rings. The zero-order valence-electron chi connectivity index (χ0n) is 11.8. The van der Waals surface area contributed by atoms with Gasteiger partial charge in [0.15, 0.2) is 0 Å². The molecule has 0 saturated carbocycles. The van der Waals surface area contributed by atoms with Crippen LogP contribution in [-0.2, 0) is 6.54 Å². The lowest BCUT2D eigenvalue weighted by Crippen LogP contribution is -2.36. The Hall–Kier alpha value is -1.46. The molecule has 0 radical (unpaired) electrons. The van der Waals surface area contributed by atoms with Crippen molar-refractivity contribution in [3.05, 3.63) is 29.6 Å². The van der Waals surface area contributed by atoms with Crippen molar-refractivity contribution in [2.75, 3.05) is 27.2 Å². The standard InChI is InChI=1S/C14H22N4O/c1-10-8-18(9-13(10)17(2)3)14(19)12-5-4-11(6-15)7-16-12/h4-5,7,10,13H,6,8-9,15H2,1-3H3. The normalized spacial score (nSPS) is 23.1. The summed E-state index contributed by atoms with van der Waals surface area (Å²) < 4.78 is 0. The number of amides is 1. The molecule has 1 aliphatic rings. The predicted octanol–water partition coefficient (Wildman–Crippen LogP) is 0.562. The van der Waals surface area contributed by atoms with Crippen molar-refractivity contribution in [3.63, 3.8) is 0 Å². The third-order valence-electron chi connectivity index (χ3n) is 3.80. The Balaban J connectivity index is 2.08. The van der Waals surface area contributed by atoms with Crippen LogP contribution in [0.5, 0.6) is 0 Å². The van der Waals surface area contributed by atoms with Gasteiger partial charge in [0.1, 0.15) is 5.69 Å². The Labute approximate surface area is 114 Å². The molecule has 104 valence electrons. The van der Waals surface area contributed by atoms with Gasteiger partial charge in [-0.2, -0.15) is 0 Å². The second-order valence-corrected chi connectivity index (χ2v) is 5.47. The summed E-state index contributed by atoms with van der Waals surface area (Å²) in [5.74, 6) is 0.502. The number of aromatic nitrogens is 1. The van der Waals surface area contributed by atoms with E-state index in [1.807, 2.05) is 11.0 Å². The van der Waals surface area contributed by atoms with E-state index in [-0.39, 0.29) is 5.91 Å². The van der Waals surface area contributed by atoms with Gasteiger partial charge in [0.25, 0.3) is 5.91 Å². The molecule has 0 bridgehead atoms. The molecule has 2 heterocycles. The number of pyridine rings is 1. The third-order valence-corrected chi connectivity index (χ3v) is 3.80. The number of nitrogens with two attached hydrogens (primary N) is 1. The minimum absolute atomic E-state index is 0.0137. The smallest absolute Gasteiger partial charge is 0.272 e. The van der Waals surface area contributed by atoms with E-state index in [1.54, 1.807) is 12.3 Å². The van der Waals surface area contributed by atoms with Crippen LogP contribution < -0.4 is 5.73 Å². The Kier molecular flexibility index (Phi) is 4.17. The summed E-state index contributed by atoms with van der Waals surface area (Å²) in [5, 5.41) is 0. The zero-order valence-corrected chi connectivity index (χ0v) is 11.8. The van der Waals surface area contributed by atoms with E-state index < -0.39 is 0 Å². The lowest BCUT2D eigenvalue weighted by Gasteiger charge is -2.22. The molecule has 0 spiro atoms. The van der Waals surface area contributed by atoms with Crippen LogP contribution in [0.4, 0.5) is 0 Å². The molecule has 0 aromatic carbocycles. The van der Waals surface area contributed by atoms with Crippen LogP contribution in [0.2, 0.25) is 0 Å². The summed E-state index contributed by atoms with van der Waals surface area (Å²) >= 11 is 0. The summed E-state index contributed by atoms with van der Waals surface area (Å²) in [6.07, 6.45) is 1.68. The van der Waals surface area contributed by atoms with E-state index in [0.29, 0.717) is 24.2 Å². The molecule has 1 aromatic heterocycles. The van der Waals surface area contributed by atoms with E-state index in [1.165, 1.54) is 0 Å². The van der Waals surface area contributed by atoms with Gasteiger partial charge in [-0.15, -0.1) is 0 Å². The van der Waals surface area contributed by atoms with E-state index >= 15 is 0 Å². The largest absolute Gasteiger partial charge is 0.335 e. The van der Waals surface area contributed by atoms with E-state index in [4.69, 9.17) is 5.73 Å². The fourth-order valence-corrected chi connectivity index (χ4v) is 2.62. The number of hydrogen-bond acceptors (Lipinski definition) is 4. The van der Waals surface area contributed by atoms with Crippen molar-refractivity contribution in [1.82, 2.24) is 14.8 Å². The van der Waals surface area contributed by atoms with Gasteiger partial charge >= 0.3 is 0 Å². The minimum Gasteiger partial charge on any atom is -0.335 e. The highest BCUT2D eigenvalue weighted by Gasteiger charge is 2.34. The average Bonchev–Trinajstić information content (AvgIpc) is 2.80. The van der Waals surface area contributed by atoms with Crippen molar-refractivity contribution in [1.29, 1.82) is 0 Å². The molecule has 5 heteroatoms. The van der Waals surface area contributed by atoms with Gasteiger partial charge in [0.05, 0.1) is 0 Å². The van der Waals surface area contributed by atoms with Crippen LogP contribution in [0.15, 0.2) is 18.3 Å². The van der Waals surface area contributed by atoms with Crippen molar-refractivity contribution in [2.24, 2.45) is 11.7 Å². The van der Waals surface area contributed by atoms with Crippen LogP contribution in [-0.4, -0.2) is 53.9 Å². The number of carbonyl (C=O) groups excluding carboxylic acids is 1. The molecular formula is C14H22N4O. The van der Waals surface area contributed by atoms with Crippen LogP contribution in [0.1, 0.15) is 23.0 Å². The zero-order chi connectivity index (χ0) is 14.0.